The van der Waals surface area contributed by atoms with E-state index < -0.39 is 11.9 Å². The number of carbonyl (C=O) groups excluding carboxylic acids is 2. The molecular weight excluding hydrogens is 308 g/mol. The molecule has 1 aromatic heterocycles. The molecule has 0 aliphatic carbocycles. The fourth-order valence-corrected chi connectivity index (χ4v) is 2.15. The van der Waals surface area contributed by atoms with Crippen molar-refractivity contribution in [1.29, 1.82) is 0 Å². The molecular formula is C14H15ClN4O3. The predicted molar refractivity (Wildman–Crippen MR) is 79.5 cm³/mol. The summed E-state index contributed by atoms with van der Waals surface area (Å²) in [4.78, 5) is 29.2. The van der Waals surface area contributed by atoms with Gasteiger partial charge in [-0.1, -0.05) is 16.8 Å². The molecule has 0 fully saturated rings. The molecule has 116 valence electrons. The van der Waals surface area contributed by atoms with Crippen LogP contribution in [0.3, 0.4) is 0 Å². The van der Waals surface area contributed by atoms with Gasteiger partial charge in [-0.25, -0.2) is 0 Å². The maximum absolute atomic E-state index is 12.5. The van der Waals surface area contributed by atoms with Crippen LogP contribution in [0, 0.1) is 6.92 Å². The van der Waals surface area contributed by atoms with Gasteiger partial charge in [0.05, 0.1) is 10.6 Å². The molecule has 0 saturated heterocycles. The Morgan fingerprint density at radius 1 is 1.41 bits per heavy atom. The number of hydrogen-bond donors (Lipinski definition) is 1. The molecule has 0 aliphatic rings. The summed E-state index contributed by atoms with van der Waals surface area (Å²) in [5.74, 6) is -0.0990. The van der Waals surface area contributed by atoms with Gasteiger partial charge in [0.2, 0.25) is 11.8 Å². The second-order valence-electron chi connectivity index (χ2n) is 4.83. The van der Waals surface area contributed by atoms with Gasteiger partial charge in [0.15, 0.2) is 5.82 Å². The number of primary amides is 1. The van der Waals surface area contributed by atoms with E-state index in [9.17, 15) is 9.59 Å². The van der Waals surface area contributed by atoms with Crippen LogP contribution in [0.4, 0.5) is 0 Å². The first kappa shape index (κ1) is 16.0. The molecule has 0 radical (unpaired) electrons. The van der Waals surface area contributed by atoms with E-state index in [-0.39, 0.29) is 16.5 Å². The molecule has 2 N–H and O–H groups in total. The molecule has 0 bridgehead atoms. The molecule has 0 spiro atoms. The van der Waals surface area contributed by atoms with Crippen molar-refractivity contribution in [2.75, 3.05) is 7.05 Å². The fourth-order valence-electron chi connectivity index (χ4n) is 1.88. The molecule has 2 amide bonds. The van der Waals surface area contributed by atoms with E-state index in [1.807, 2.05) is 0 Å². The predicted octanol–water partition coefficient (Wildman–Crippen LogP) is 1.96. The van der Waals surface area contributed by atoms with Crippen LogP contribution in [-0.2, 0) is 0 Å². The molecule has 1 heterocycles. The monoisotopic (exact) mass is 322 g/mol. The van der Waals surface area contributed by atoms with Crippen molar-refractivity contribution in [3.05, 3.63) is 46.1 Å². The number of carbonyl (C=O) groups is 2. The molecule has 0 aliphatic heterocycles. The zero-order chi connectivity index (χ0) is 16.4. The van der Waals surface area contributed by atoms with Gasteiger partial charge in [-0.2, -0.15) is 4.98 Å². The van der Waals surface area contributed by atoms with E-state index in [0.29, 0.717) is 17.3 Å². The molecule has 2 rings (SSSR count). The zero-order valence-electron chi connectivity index (χ0n) is 12.3. The van der Waals surface area contributed by atoms with Crippen LogP contribution in [0.5, 0.6) is 0 Å². The molecule has 0 saturated carbocycles. The maximum Gasteiger partial charge on any atom is 0.254 e. The van der Waals surface area contributed by atoms with Gasteiger partial charge in [-0.05, 0) is 32.0 Å². The molecule has 22 heavy (non-hydrogen) atoms. The van der Waals surface area contributed by atoms with Gasteiger partial charge in [-0.3, -0.25) is 9.59 Å². The summed E-state index contributed by atoms with van der Waals surface area (Å²) in [5, 5.41) is 3.83. The van der Waals surface area contributed by atoms with Crippen LogP contribution in [0.15, 0.2) is 22.7 Å². The number of benzene rings is 1. The Morgan fingerprint density at radius 3 is 2.59 bits per heavy atom. The summed E-state index contributed by atoms with van der Waals surface area (Å²) in [7, 11) is 1.61. The Morgan fingerprint density at radius 2 is 2.09 bits per heavy atom. The first-order valence-electron chi connectivity index (χ1n) is 6.48. The lowest BCUT2D eigenvalue weighted by Crippen LogP contribution is -2.30. The summed E-state index contributed by atoms with van der Waals surface area (Å²) in [6.07, 6.45) is 0. The largest absolute Gasteiger partial charge is 0.366 e. The normalized spacial score (nSPS) is 12.0. The number of nitrogens with zero attached hydrogens (tertiary/aromatic N) is 3. The van der Waals surface area contributed by atoms with Crippen LogP contribution in [0.2, 0.25) is 5.02 Å². The average molecular weight is 323 g/mol. The van der Waals surface area contributed by atoms with Crippen molar-refractivity contribution in [3.8, 4) is 0 Å². The number of hydrogen-bond acceptors (Lipinski definition) is 5. The van der Waals surface area contributed by atoms with Crippen molar-refractivity contribution < 1.29 is 14.1 Å². The third-order valence-electron chi connectivity index (χ3n) is 3.28. The third kappa shape index (κ3) is 3.09. The highest BCUT2D eigenvalue weighted by atomic mass is 35.5. The third-order valence-corrected chi connectivity index (χ3v) is 3.60. The lowest BCUT2D eigenvalue weighted by molar-refractivity contribution is 0.0715. The number of aryl methyl sites for hydroxylation is 1. The summed E-state index contributed by atoms with van der Waals surface area (Å²) < 4.78 is 5.07. The van der Waals surface area contributed by atoms with E-state index in [1.54, 1.807) is 20.9 Å². The second kappa shape index (κ2) is 6.15. The van der Waals surface area contributed by atoms with Gasteiger partial charge < -0.3 is 15.2 Å². The van der Waals surface area contributed by atoms with Crippen LogP contribution in [0.25, 0.3) is 0 Å². The SMILES string of the molecule is Cc1noc(C(C)N(C)C(=O)c2ccc(C(N)=O)c(Cl)c2)n1. The average Bonchev–Trinajstić information content (AvgIpc) is 2.91. The number of amides is 2. The van der Waals surface area contributed by atoms with E-state index in [1.165, 1.54) is 23.1 Å². The van der Waals surface area contributed by atoms with Crippen LogP contribution < -0.4 is 5.73 Å². The smallest absolute Gasteiger partial charge is 0.254 e. The quantitative estimate of drug-likeness (QED) is 0.927. The highest BCUT2D eigenvalue weighted by Crippen LogP contribution is 2.22. The minimum atomic E-state index is -0.646. The molecule has 1 unspecified atom stereocenters. The number of rotatable bonds is 4. The lowest BCUT2D eigenvalue weighted by Gasteiger charge is -2.22. The van der Waals surface area contributed by atoms with Crippen molar-refractivity contribution >= 4 is 23.4 Å². The highest BCUT2D eigenvalue weighted by molar-refractivity contribution is 6.34. The summed E-state index contributed by atoms with van der Waals surface area (Å²) in [6, 6.07) is 3.93. The molecule has 2 aromatic rings. The van der Waals surface area contributed by atoms with Crippen molar-refractivity contribution in [2.24, 2.45) is 5.73 Å². The first-order valence-corrected chi connectivity index (χ1v) is 6.85. The standard InChI is InChI=1S/C14H15ClN4O3/c1-7(13-17-8(2)18-22-13)19(3)14(21)9-4-5-10(12(16)20)11(15)6-9/h4-7H,1-3H3,(H2,16,20). The Hall–Kier alpha value is -2.41. The van der Waals surface area contributed by atoms with Crippen LogP contribution in [0.1, 0.15) is 45.4 Å². The van der Waals surface area contributed by atoms with Crippen molar-refractivity contribution in [1.82, 2.24) is 15.0 Å². The van der Waals surface area contributed by atoms with Crippen LogP contribution in [-0.4, -0.2) is 33.9 Å². The number of halogens is 1. The van der Waals surface area contributed by atoms with E-state index in [0.717, 1.165) is 0 Å². The molecule has 1 atom stereocenters. The first-order chi connectivity index (χ1) is 10.3. The lowest BCUT2D eigenvalue weighted by atomic mass is 10.1. The summed E-state index contributed by atoms with van der Waals surface area (Å²) in [5.41, 5.74) is 5.68. The topological polar surface area (TPSA) is 102 Å². The summed E-state index contributed by atoms with van der Waals surface area (Å²) >= 11 is 5.96. The van der Waals surface area contributed by atoms with E-state index >= 15 is 0 Å². The van der Waals surface area contributed by atoms with Gasteiger partial charge in [0.1, 0.15) is 6.04 Å². The second-order valence-corrected chi connectivity index (χ2v) is 5.24. The molecule has 7 nitrogen and oxygen atoms in total. The Bertz CT molecular complexity index is 729. The Balaban J connectivity index is 2.23. The van der Waals surface area contributed by atoms with Crippen LogP contribution >= 0.6 is 11.6 Å². The zero-order valence-corrected chi connectivity index (χ0v) is 13.1. The minimum Gasteiger partial charge on any atom is -0.366 e. The Labute approximate surface area is 132 Å². The van der Waals surface area contributed by atoms with Crippen molar-refractivity contribution in [3.63, 3.8) is 0 Å². The number of aromatic nitrogens is 2. The molecule has 1 aromatic carbocycles. The van der Waals surface area contributed by atoms with Gasteiger partial charge >= 0.3 is 0 Å². The van der Waals surface area contributed by atoms with Gasteiger partial charge in [0.25, 0.3) is 5.91 Å². The van der Waals surface area contributed by atoms with Gasteiger partial charge in [0, 0.05) is 12.6 Å². The summed E-state index contributed by atoms with van der Waals surface area (Å²) in [6.45, 7) is 3.47. The fraction of sp³-hybridized carbons (Fsp3) is 0.286. The van der Waals surface area contributed by atoms with E-state index in [2.05, 4.69) is 10.1 Å². The van der Waals surface area contributed by atoms with E-state index in [4.69, 9.17) is 21.9 Å². The maximum atomic E-state index is 12.5. The van der Waals surface area contributed by atoms with Gasteiger partial charge in [-0.15, -0.1) is 0 Å². The highest BCUT2D eigenvalue weighted by Gasteiger charge is 2.24. The minimum absolute atomic E-state index is 0.132. The number of nitrogens with two attached hydrogens (primary N) is 1. The Kier molecular flexibility index (Phi) is 4.46. The molecule has 8 heteroatoms. The van der Waals surface area contributed by atoms with Crippen molar-refractivity contribution in [2.45, 2.75) is 19.9 Å².